The zero-order valence-electron chi connectivity index (χ0n) is 10.7. The van der Waals surface area contributed by atoms with Gasteiger partial charge in [-0.15, -0.1) is 0 Å². The Hall–Kier alpha value is -1.61. The number of nitriles is 1. The van der Waals surface area contributed by atoms with Crippen molar-refractivity contribution in [2.24, 2.45) is 0 Å². The van der Waals surface area contributed by atoms with E-state index in [1.165, 1.54) is 0 Å². The molecule has 1 aromatic carbocycles. The highest BCUT2D eigenvalue weighted by Crippen LogP contribution is 2.13. The minimum Gasteiger partial charge on any atom is -0.491 e. The molecule has 1 aliphatic heterocycles. The standard InChI is InChI=1S/C14H18N2O3/c15-7-11-1-3-14(4-2-11)19-10-13(18)9-16-6-5-12(17)8-16/h1-4,12-13,17-18H,5-6,8-10H2. The molecule has 102 valence electrons. The molecule has 1 heterocycles. The van der Waals surface area contributed by atoms with E-state index in [2.05, 4.69) is 0 Å². The molecule has 1 fully saturated rings. The van der Waals surface area contributed by atoms with E-state index in [4.69, 9.17) is 10.00 Å². The van der Waals surface area contributed by atoms with Crippen molar-refractivity contribution in [2.75, 3.05) is 26.2 Å². The summed E-state index contributed by atoms with van der Waals surface area (Å²) in [5.74, 6) is 0.638. The maximum absolute atomic E-state index is 9.86. The summed E-state index contributed by atoms with van der Waals surface area (Å²) in [6, 6.07) is 8.82. The van der Waals surface area contributed by atoms with E-state index in [1.54, 1.807) is 24.3 Å². The highest BCUT2D eigenvalue weighted by molar-refractivity contribution is 5.34. The van der Waals surface area contributed by atoms with Crippen molar-refractivity contribution < 1.29 is 14.9 Å². The zero-order valence-corrected chi connectivity index (χ0v) is 10.7. The monoisotopic (exact) mass is 262 g/mol. The third kappa shape index (κ3) is 4.21. The van der Waals surface area contributed by atoms with Crippen LogP contribution in [0.4, 0.5) is 0 Å². The molecule has 1 saturated heterocycles. The second kappa shape index (κ2) is 6.53. The lowest BCUT2D eigenvalue weighted by molar-refractivity contribution is 0.0707. The molecule has 1 aliphatic rings. The van der Waals surface area contributed by atoms with Crippen LogP contribution in [0, 0.1) is 11.3 Å². The molecular weight excluding hydrogens is 244 g/mol. The van der Waals surface area contributed by atoms with Crippen molar-refractivity contribution >= 4 is 0 Å². The Kier molecular flexibility index (Phi) is 4.74. The predicted octanol–water partition coefficient (Wildman–Crippen LogP) is 0.365. The van der Waals surface area contributed by atoms with Gasteiger partial charge in [-0.25, -0.2) is 0 Å². The minimum absolute atomic E-state index is 0.207. The molecule has 0 spiro atoms. The fraction of sp³-hybridized carbons (Fsp3) is 0.500. The molecule has 1 aromatic rings. The Morgan fingerprint density at radius 2 is 2.16 bits per heavy atom. The first kappa shape index (κ1) is 13.8. The first-order valence-corrected chi connectivity index (χ1v) is 6.39. The van der Waals surface area contributed by atoms with Crippen LogP contribution >= 0.6 is 0 Å². The Labute approximate surface area is 112 Å². The molecule has 2 rings (SSSR count). The maximum Gasteiger partial charge on any atom is 0.119 e. The van der Waals surface area contributed by atoms with Crippen LogP contribution in [-0.2, 0) is 0 Å². The molecule has 2 unspecified atom stereocenters. The van der Waals surface area contributed by atoms with E-state index in [-0.39, 0.29) is 12.7 Å². The number of rotatable bonds is 5. The van der Waals surface area contributed by atoms with Gasteiger partial charge in [-0.1, -0.05) is 0 Å². The minimum atomic E-state index is -0.582. The highest BCUT2D eigenvalue weighted by Gasteiger charge is 2.22. The van der Waals surface area contributed by atoms with Gasteiger partial charge in [0.1, 0.15) is 18.5 Å². The molecule has 0 radical (unpaired) electrons. The van der Waals surface area contributed by atoms with E-state index in [9.17, 15) is 10.2 Å². The molecule has 2 atom stereocenters. The smallest absolute Gasteiger partial charge is 0.119 e. The number of likely N-dealkylation sites (tertiary alicyclic amines) is 1. The predicted molar refractivity (Wildman–Crippen MR) is 69.7 cm³/mol. The van der Waals surface area contributed by atoms with Gasteiger partial charge in [0.25, 0.3) is 0 Å². The topological polar surface area (TPSA) is 76.7 Å². The van der Waals surface area contributed by atoms with Gasteiger partial charge < -0.3 is 14.9 Å². The molecule has 5 nitrogen and oxygen atoms in total. The number of aliphatic hydroxyl groups excluding tert-OH is 2. The number of ether oxygens (including phenoxy) is 1. The van der Waals surface area contributed by atoms with Gasteiger partial charge in [0.2, 0.25) is 0 Å². The number of β-amino-alcohol motifs (C(OH)–C–C–N with tert-alkyl or cyclic N) is 2. The molecule has 2 N–H and O–H groups in total. The SMILES string of the molecule is N#Cc1ccc(OCC(O)CN2CCC(O)C2)cc1. The van der Waals surface area contributed by atoms with Crippen molar-refractivity contribution in [3.8, 4) is 11.8 Å². The molecule has 0 amide bonds. The van der Waals surface area contributed by atoms with Crippen LogP contribution < -0.4 is 4.74 Å². The van der Waals surface area contributed by atoms with Crippen LogP contribution in [0.15, 0.2) is 24.3 Å². The van der Waals surface area contributed by atoms with Gasteiger partial charge in [0.15, 0.2) is 0 Å². The van der Waals surface area contributed by atoms with Crippen LogP contribution in [0.2, 0.25) is 0 Å². The van der Waals surface area contributed by atoms with E-state index in [0.717, 1.165) is 13.0 Å². The molecule has 5 heteroatoms. The number of nitrogens with zero attached hydrogens (tertiary/aromatic N) is 2. The van der Waals surface area contributed by atoms with Crippen LogP contribution in [0.25, 0.3) is 0 Å². The summed E-state index contributed by atoms with van der Waals surface area (Å²) in [5, 5.41) is 27.9. The third-order valence-corrected chi connectivity index (χ3v) is 3.14. The lowest BCUT2D eigenvalue weighted by atomic mass is 10.2. The average molecular weight is 262 g/mol. The van der Waals surface area contributed by atoms with E-state index >= 15 is 0 Å². The largest absolute Gasteiger partial charge is 0.491 e. The second-order valence-electron chi connectivity index (χ2n) is 4.80. The number of hydrogen-bond donors (Lipinski definition) is 2. The fourth-order valence-electron chi connectivity index (χ4n) is 2.15. The van der Waals surface area contributed by atoms with Crippen molar-refractivity contribution in [3.05, 3.63) is 29.8 Å². The summed E-state index contributed by atoms with van der Waals surface area (Å²) in [7, 11) is 0. The average Bonchev–Trinajstić information content (AvgIpc) is 2.82. The van der Waals surface area contributed by atoms with Crippen LogP contribution in [0.5, 0.6) is 5.75 Å². The Bertz CT molecular complexity index is 441. The number of benzene rings is 1. The quantitative estimate of drug-likeness (QED) is 0.801. The molecule has 19 heavy (non-hydrogen) atoms. The van der Waals surface area contributed by atoms with Gasteiger partial charge in [0, 0.05) is 19.6 Å². The second-order valence-corrected chi connectivity index (χ2v) is 4.80. The summed E-state index contributed by atoms with van der Waals surface area (Å²) >= 11 is 0. The van der Waals surface area contributed by atoms with E-state index < -0.39 is 6.10 Å². The molecule has 0 aromatic heterocycles. The fourth-order valence-corrected chi connectivity index (χ4v) is 2.15. The van der Waals surface area contributed by atoms with Crippen LogP contribution in [0.3, 0.4) is 0 Å². The first-order chi connectivity index (χ1) is 9.17. The molecule has 0 bridgehead atoms. The van der Waals surface area contributed by atoms with Gasteiger partial charge in [0.05, 0.1) is 17.7 Å². The molecule has 0 aliphatic carbocycles. The summed E-state index contributed by atoms with van der Waals surface area (Å²) in [6.45, 7) is 2.15. The van der Waals surface area contributed by atoms with Gasteiger partial charge in [-0.3, -0.25) is 4.90 Å². The van der Waals surface area contributed by atoms with E-state index in [0.29, 0.717) is 24.4 Å². The lowest BCUT2D eigenvalue weighted by Gasteiger charge is -2.19. The molecule has 0 saturated carbocycles. The van der Waals surface area contributed by atoms with E-state index in [1.807, 2.05) is 11.0 Å². The summed E-state index contributed by atoms with van der Waals surface area (Å²) < 4.78 is 5.46. The van der Waals surface area contributed by atoms with Gasteiger partial charge in [-0.05, 0) is 30.7 Å². The number of aliphatic hydroxyl groups is 2. The van der Waals surface area contributed by atoms with Crippen molar-refractivity contribution in [2.45, 2.75) is 18.6 Å². The highest BCUT2D eigenvalue weighted by atomic mass is 16.5. The third-order valence-electron chi connectivity index (χ3n) is 3.14. The Balaban J connectivity index is 1.73. The van der Waals surface area contributed by atoms with Crippen molar-refractivity contribution in [1.82, 2.24) is 4.90 Å². The normalized spacial score (nSPS) is 21.0. The lowest BCUT2D eigenvalue weighted by Crippen LogP contribution is -2.34. The van der Waals surface area contributed by atoms with Crippen molar-refractivity contribution in [3.63, 3.8) is 0 Å². The van der Waals surface area contributed by atoms with Crippen LogP contribution in [0.1, 0.15) is 12.0 Å². The molecular formula is C14H18N2O3. The maximum atomic E-state index is 9.86. The van der Waals surface area contributed by atoms with Gasteiger partial charge in [-0.2, -0.15) is 5.26 Å². The Morgan fingerprint density at radius 1 is 1.42 bits per heavy atom. The summed E-state index contributed by atoms with van der Waals surface area (Å²) in [6.07, 6.45) is -0.0870. The Morgan fingerprint density at radius 3 is 2.74 bits per heavy atom. The zero-order chi connectivity index (χ0) is 13.7. The summed E-state index contributed by atoms with van der Waals surface area (Å²) in [5.41, 5.74) is 0.582. The van der Waals surface area contributed by atoms with Crippen molar-refractivity contribution in [1.29, 1.82) is 5.26 Å². The van der Waals surface area contributed by atoms with Crippen LogP contribution in [-0.4, -0.2) is 53.6 Å². The van der Waals surface area contributed by atoms with Gasteiger partial charge >= 0.3 is 0 Å². The summed E-state index contributed by atoms with van der Waals surface area (Å²) in [4.78, 5) is 2.03. The number of hydrogen-bond acceptors (Lipinski definition) is 5. The first-order valence-electron chi connectivity index (χ1n) is 6.39.